The molecule has 2 aromatic carbocycles. The van der Waals surface area contributed by atoms with Gasteiger partial charge in [0.05, 0.1) is 12.2 Å². The number of rotatable bonds is 8. The first-order chi connectivity index (χ1) is 12.9. The van der Waals surface area contributed by atoms with E-state index in [0.29, 0.717) is 33.7 Å². The molecule has 0 amide bonds. The maximum atomic E-state index is 12.3. The number of carbonyl (C=O) groups excluding carboxylic acids is 1. The first-order valence-corrected chi connectivity index (χ1v) is 8.79. The van der Waals surface area contributed by atoms with Crippen LogP contribution in [0.1, 0.15) is 5.56 Å². The number of anilines is 1. The molecule has 0 radical (unpaired) electrons. The average Bonchev–Trinajstić information content (AvgIpc) is 2.62. The molecule has 2 rings (SSSR count). The molecule has 0 atom stereocenters. The van der Waals surface area contributed by atoms with E-state index < -0.39 is 18.3 Å². The molecule has 0 saturated heterocycles. The molecule has 0 aliphatic carbocycles. The van der Waals surface area contributed by atoms with Crippen LogP contribution < -0.4 is 20.6 Å². The van der Waals surface area contributed by atoms with Crippen molar-refractivity contribution in [3.8, 4) is 5.75 Å². The second kappa shape index (κ2) is 10.4. The van der Waals surface area contributed by atoms with Crippen LogP contribution in [0.2, 0.25) is 0 Å². The van der Waals surface area contributed by atoms with E-state index in [0.717, 1.165) is 0 Å². The predicted molar refractivity (Wildman–Crippen MR) is 102 cm³/mol. The number of hydrogen-bond donors (Lipinski definition) is 2. The van der Waals surface area contributed by atoms with Gasteiger partial charge in [-0.1, -0.05) is 23.9 Å². The highest BCUT2D eigenvalue weighted by Gasteiger charge is 2.05. The van der Waals surface area contributed by atoms with Gasteiger partial charge >= 0.3 is 0 Å². The predicted octanol–water partition coefficient (Wildman–Crippen LogP) is 2.45. The lowest BCUT2D eigenvalue weighted by Gasteiger charge is -2.10. The number of thiocarbonyl (C=S) groups is 1. The summed E-state index contributed by atoms with van der Waals surface area (Å²) in [6.07, 6.45) is 1.42. The van der Waals surface area contributed by atoms with Crippen molar-refractivity contribution >= 4 is 47.0 Å². The number of aliphatic carboxylic acids is 1. The molecule has 0 aliphatic rings. The summed E-state index contributed by atoms with van der Waals surface area (Å²) in [5, 5.41) is 17.5. The van der Waals surface area contributed by atoms with Gasteiger partial charge in [0, 0.05) is 16.1 Å². The maximum absolute atomic E-state index is 12.3. The van der Waals surface area contributed by atoms with Gasteiger partial charge in [-0.2, -0.15) is 13.9 Å². The Labute approximate surface area is 163 Å². The average molecular weight is 410 g/mol. The Bertz CT molecular complexity index is 817. The van der Waals surface area contributed by atoms with Crippen molar-refractivity contribution in [3.63, 3.8) is 0 Å². The lowest BCUT2D eigenvalue weighted by atomic mass is 10.2. The van der Waals surface area contributed by atoms with Gasteiger partial charge in [0.1, 0.15) is 12.4 Å². The Morgan fingerprint density at radius 1 is 1.26 bits per heavy atom. The number of para-hydroxylation sites is 1. The van der Waals surface area contributed by atoms with Crippen LogP contribution in [-0.2, 0) is 4.79 Å². The fourth-order valence-electron chi connectivity index (χ4n) is 1.89. The smallest absolute Gasteiger partial charge is 0.288 e. The fourth-order valence-corrected chi connectivity index (χ4v) is 2.56. The van der Waals surface area contributed by atoms with E-state index in [-0.39, 0.29) is 5.11 Å². The summed E-state index contributed by atoms with van der Waals surface area (Å²) in [4.78, 5) is 10.9. The normalized spacial score (nSPS) is 10.8. The van der Waals surface area contributed by atoms with Gasteiger partial charge in [-0.3, -0.25) is 5.43 Å². The second-order valence-corrected chi connectivity index (χ2v) is 6.40. The standard InChI is InChI=1S/C17H15F2N3O3S2/c18-16(19)27-13-7-5-12(6-8-13)21-17(26)22-20-9-11-3-1-2-4-14(11)25-10-15(23)24/h1-9,16H,10H2,(H,23,24)(H2,21,22,26)/p-1/b20-9-. The Balaban J connectivity index is 1.89. The van der Waals surface area contributed by atoms with Crippen LogP contribution in [-0.4, -0.2) is 29.7 Å². The molecular weight excluding hydrogens is 396 g/mol. The number of ether oxygens (including phenoxy) is 1. The number of hydrogen-bond acceptors (Lipinski definition) is 6. The van der Waals surface area contributed by atoms with Crippen molar-refractivity contribution < 1.29 is 23.4 Å². The number of nitrogens with zero attached hydrogens (tertiary/aromatic N) is 1. The lowest BCUT2D eigenvalue weighted by molar-refractivity contribution is -0.307. The van der Waals surface area contributed by atoms with Crippen molar-refractivity contribution in [2.24, 2.45) is 5.10 Å². The zero-order valence-corrected chi connectivity index (χ0v) is 15.4. The largest absolute Gasteiger partial charge is 0.546 e. The highest BCUT2D eigenvalue weighted by atomic mass is 32.2. The third-order valence-corrected chi connectivity index (χ3v) is 3.89. The molecule has 0 fully saturated rings. The summed E-state index contributed by atoms with van der Waals surface area (Å²) in [6.45, 7) is -0.571. The SMILES string of the molecule is O=C([O-])COc1ccccc1/C=N\NC(=S)Nc1ccc(SC(F)F)cc1. The van der Waals surface area contributed by atoms with Crippen LogP contribution in [0.25, 0.3) is 0 Å². The number of halogens is 2. The number of benzene rings is 2. The number of thioether (sulfide) groups is 1. The van der Waals surface area contributed by atoms with Gasteiger partial charge in [-0.25, -0.2) is 0 Å². The molecule has 0 heterocycles. The summed E-state index contributed by atoms with van der Waals surface area (Å²) >= 11 is 5.55. The van der Waals surface area contributed by atoms with Crippen LogP contribution in [0.3, 0.4) is 0 Å². The minimum atomic E-state index is -2.47. The number of hydrazone groups is 1. The van der Waals surface area contributed by atoms with E-state index >= 15 is 0 Å². The summed E-state index contributed by atoms with van der Waals surface area (Å²) in [6, 6.07) is 13.1. The summed E-state index contributed by atoms with van der Waals surface area (Å²) in [5.74, 6) is -3.47. The molecule has 0 saturated carbocycles. The van der Waals surface area contributed by atoms with E-state index in [1.165, 1.54) is 6.21 Å². The van der Waals surface area contributed by atoms with Crippen LogP contribution in [0.15, 0.2) is 58.5 Å². The van der Waals surface area contributed by atoms with Gasteiger partial charge in [-0.15, -0.1) is 0 Å². The van der Waals surface area contributed by atoms with E-state index in [4.69, 9.17) is 17.0 Å². The van der Waals surface area contributed by atoms with E-state index in [9.17, 15) is 18.7 Å². The molecule has 0 aliphatic heterocycles. The summed E-state index contributed by atoms with van der Waals surface area (Å²) < 4.78 is 29.7. The second-order valence-electron chi connectivity index (χ2n) is 4.93. The third-order valence-electron chi connectivity index (χ3n) is 2.97. The monoisotopic (exact) mass is 410 g/mol. The molecule has 6 nitrogen and oxygen atoms in total. The maximum Gasteiger partial charge on any atom is 0.288 e. The molecule has 2 aromatic rings. The minimum Gasteiger partial charge on any atom is -0.546 e. The van der Waals surface area contributed by atoms with Gasteiger partial charge in [0.15, 0.2) is 5.11 Å². The number of nitrogens with one attached hydrogen (secondary N) is 2. The topological polar surface area (TPSA) is 85.8 Å². The first kappa shape index (κ1) is 20.6. The molecular formula is C17H14F2N3O3S2-. The quantitative estimate of drug-likeness (QED) is 0.299. The third kappa shape index (κ3) is 7.59. The molecule has 2 N–H and O–H groups in total. The van der Waals surface area contributed by atoms with Gasteiger partial charge in [-0.05, 0) is 48.6 Å². The lowest BCUT2D eigenvalue weighted by Crippen LogP contribution is -2.29. The Morgan fingerprint density at radius 3 is 2.63 bits per heavy atom. The van der Waals surface area contributed by atoms with Crippen LogP contribution in [0.4, 0.5) is 14.5 Å². The number of carbonyl (C=O) groups is 1. The van der Waals surface area contributed by atoms with Gasteiger partial charge < -0.3 is 20.0 Å². The molecule has 0 spiro atoms. The summed E-state index contributed by atoms with van der Waals surface area (Å²) in [7, 11) is 0. The highest BCUT2D eigenvalue weighted by Crippen LogP contribution is 2.26. The highest BCUT2D eigenvalue weighted by molar-refractivity contribution is 7.99. The zero-order chi connectivity index (χ0) is 19.6. The van der Waals surface area contributed by atoms with Gasteiger partial charge in [0.25, 0.3) is 5.76 Å². The van der Waals surface area contributed by atoms with E-state index in [2.05, 4.69) is 15.8 Å². The molecule has 142 valence electrons. The molecule has 27 heavy (non-hydrogen) atoms. The number of carboxylic acid groups (broad SMARTS) is 1. The van der Waals surface area contributed by atoms with E-state index in [1.807, 2.05) is 0 Å². The van der Waals surface area contributed by atoms with Crippen molar-refractivity contribution in [1.82, 2.24) is 5.43 Å². The van der Waals surface area contributed by atoms with Crippen molar-refractivity contribution in [1.29, 1.82) is 0 Å². The van der Waals surface area contributed by atoms with Crippen molar-refractivity contribution in [2.75, 3.05) is 11.9 Å². The van der Waals surface area contributed by atoms with Crippen LogP contribution in [0, 0.1) is 0 Å². The summed E-state index contributed by atoms with van der Waals surface area (Å²) in [5.41, 5.74) is 3.75. The minimum absolute atomic E-state index is 0.189. The Hall–Kier alpha value is -2.72. The molecule has 0 aromatic heterocycles. The van der Waals surface area contributed by atoms with Crippen molar-refractivity contribution in [2.45, 2.75) is 10.7 Å². The van der Waals surface area contributed by atoms with Crippen molar-refractivity contribution in [3.05, 3.63) is 54.1 Å². The Kier molecular flexibility index (Phi) is 7.96. The first-order valence-electron chi connectivity index (χ1n) is 7.50. The van der Waals surface area contributed by atoms with E-state index in [1.54, 1.807) is 48.5 Å². The van der Waals surface area contributed by atoms with Crippen LogP contribution >= 0.6 is 24.0 Å². The van der Waals surface area contributed by atoms with Crippen LogP contribution in [0.5, 0.6) is 5.75 Å². The number of alkyl halides is 2. The Morgan fingerprint density at radius 2 is 1.96 bits per heavy atom. The van der Waals surface area contributed by atoms with Gasteiger partial charge in [0.2, 0.25) is 0 Å². The molecule has 10 heteroatoms. The molecule has 0 bridgehead atoms. The zero-order valence-electron chi connectivity index (χ0n) is 13.7. The molecule has 0 unspecified atom stereocenters. The fraction of sp³-hybridized carbons (Fsp3) is 0.118. The number of carboxylic acids is 1.